The number of nitrogens with one attached hydrogen (secondary N) is 1. The number of nitrogens with zero attached hydrogens (tertiary/aromatic N) is 2. The second-order valence-corrected chi connectivity index (χ2v) is 9.04. The second-order valence-electron chi connectivity index (χ2n) is 9.04. The molecule has 1 amide bonds. The number of aryl methyl sites for hydroxylation is 1. The molecule has 0 bridgehead atoms. The number of alkyl halides is 2. The highest BCUT2D eigenvalue weighted by atomic mass is 19.3. The van der Waals surface area contributed by atoms with E-state index in [1.54, 1.807) is 6.07 Å². The Labute approximate surface area is 178 Å². The highest BCUT2D eigenvalue weighted by molar-refractivity contribution is 5.90. The van der Waals surface area contributed by atoms with Gasteiger partial charge in [0.25, 0.3) is 0 Å². The van der Waals surface area contributed by atoms with Crippen molar-refractivity contribution in [2.75, 3.05) is 16.8 Å². The molecule has 0 saturated carbocycles. The third-order valence-corrected chi connectivity index (χ3v) is 5.00. The number of carbonyl (C=O) groups is 1. The van der Waals surface area contributed by atoms with Crippen molar-refractivity contribution in [2.45, 2.75) is 52.9 Å². The van der Waals surface area contributed by atoms with E-state index < -0.39 is 12.1 Å². The van der Waals surface area contributed by atoms with Crippen LogP contribution >= 0.6 is 0 Å². The summed E-state index contributed by atoms with van der Waals surface area (Å²) in [5.41, 5.74) is 1.81. The molecule has 0 spiro atoms. The molecule has 2 aliphatic heterocycles. The van der Waals surface area contributed by atoms with Crippen LogP contribution in [0.1, 0.15) is 44.9 Å². The zero-order valence-corrected chi connectivity index (χ0v) is 17.6. The molecule has 6 nitrogen and oxygen atoms in total. The maximum atomic E-state index is 14.7. The molecule has 3 heterocycles. The number of fused-ring (bicyclic) bond motifs is 2. The highest BCUT2D eigenvalue weighted by Crippen LogP contribution is 2.41. The molecule has 1 N–H and O–H groups in total. The quantitative estimate of drug-likeness (QED) is 0.743. The van der Waals surface area contributed by atoms with Crippen molar-refractivity contribution in [3.05, 3.63) is 41.3 Å². The summed E-state index contributed by atoms with van der Waals surface area (Å²) in [4.78, 5) is 18.5. The minimum atomic E-state index is -3.67. The number of aromatic nitrogens is 1. The molecule has 9 heteroatoms. The molecule has 166 valence electrons. The Morgan fingerprint density at radius 1 is 1.23 bits per heavy atom. The van der Waals surface area contributed by atoms with Crippen LogP contribution in [0.3, 0.4) is 0 Å². The average Bonchev–Trinajstić information content (AvgIpc) is 2.94. The van der Waals surface area contributed by atoms with Gasteiger partial charge in [-0.1, -0.05) is 26.8 Å². The first-order valence-electron chi connectivity index (χ1n) is 10.1. The molecule has 0 saturated heterocycles. The van der Waals surface area contributed by atoms with Crippen molar-refractivity contribution in [2.24, 2.45) is 5.41 Å². The van der Waals surface area contributed by atoms with Gasteiger partial charge in [0.05, 0.1) is 11.4 Å². The van der Waals surface area contributed by atoms with Crippen molar-refractivity contribution in [1.29, 1.82) is 0 Å². The zero-order chi connectivity index (χ0) is 22.4. The zero-order valence-electron chi connectivity index (χ0n) is 17.6. The number of ether oxygens (including phenoxy) is 2. The van der Waals surface area contributed by atoms with Crippen molar-refractivity contribution in [1.82, 2.24) is 4.98 Å². The Kier molecular flexibility index (Phi) is 5.23. The number of amides is 1. The lowest BCUT2D eigenvalue weighted by Crippen LogP contribution is -2.30. The lowest BCUT2D eigenvalue weighted by Gasteiger charge is -2.31. The maximum absolute atomic E-state index is 14.7. The first kappa shape index (κ1) is 21.3. The van der Waals surface area contributed by atoms with Crippen LogP contribution < -0.4 is 19.7 Å². The summed E-state index contributed by atoms with van der Waals surface area (Å²) in [5, 5.41) is 2.57. The predicted octanol–water partition coefficient (Wildman–Crippen LogP) is 4.87. The average molecular weight is 435 g/mol. The van der Waals surface area contributed by atoms with Crippen LogP contribution in [0.2, 0.25) is 0 Å². The Bertz CT molecular complexity index is 1020. The Morgan fingerprint density at radius 3 is 2.71 bits per heavy atom. The fourth-order valence-corrected chi connectivity index (χ4v) is 3.75. The molecule has 1 aromatic heterocycles. The van der Waals surface area contributed by atoms with Crippen LogP contribution in [0.25, 0.3) is 0 Å². The van der Waals surface area contributed by atoms with Gasteiger partial charge in [0.2, 0.25) is 5.91 Å². The van der Waals surface area contributed by atoms with Crippen LogP contribution in [-0.4, -0.2) is 23.7 Å². The molecule has 0 fully saturated rings. The summed E-state index contributed by atoms with van der Waals surface area (Å²) in [6, 6.07) is 5.97. The summed E-state index contributed by atoms with van der Waals surface area (Å²) >= 11 is 0. The van der Waals surface area contributed by atoms with Crippen LogP contribution in [0, 0.1) is 11.2 Å². The van der Waals surface area contributed by atoms with Gasteiger partial charge in [0, 0.05) is 25.6 Å². The Morgan fingerprint density at radius 2 is 1.97 bits per heavy atom. The molecule has 0 unspecified atom stereocenters. The van der Waals surface area contributed by atoms with Gasteiger partial charge in [-0.15, -0.1) is 8.78 Å². The molecule has 0 radical (unpaired) electrons. The molecule has 31 heavy (non-hydrogen) atoms. The fourth-order valence-electron chi connectivity index (χ4n) is 3.75. The van der Waals surface area contributed by atoms with E-state index in [9.17, 15) is 18.0 Å². The minimum absolute atomic E-state index is 0.0175. The van der Waals surface area contributed by atoms with Crippen LogP contribution in [-0.2, 0) is 17.8 Å². The molecule has 0 aliphatic carbocycles. The van der Waals surface area contributed by atoms with E-state index in [0.29, 0.717) is 30.9 Å². The first-order chi connectivity index (χ1) is 14.5. The third kappa shape index (κ3) is 4.86. The number of carbonyl (C=O) groups excluding carboxylic acids is 1. The van der Waals surface area contributed by atoms with Gasteiger partial charge >= 0.3 is 6.29 Å². The summed E-state index contributed by atoms with van der Waals surface area (Å²) in [6.07, 6.45) is -1.97. The smallest absolute Gasteiger partial charge is 0.395 e. The summed E-state index contributed by atoms with van der Waals surface area (Å²) in [5.74, 6) is -1.01. The van der Waals surface area contributed by atoms with E-state index >= 15 is 0 Å². The fraction of sp³-hybridized carbons (Fsp3) is 0.455. The number of rotatable bonds is 4. The van der Waals surface area contributed by atoms with Crippen LogP contribution in [0.15, 0.2) is 24.3 Å². The molecule has 2 aliphatic rings. The van der Waals surface area contributed by atoms with Gasteiger partial charge in [0.1, 0.15) is 0 Å². The van der Waals surface area contributed by atoms with Gasteiger partial charge in [-0.3, -0.25) is 4.79 Å². The third-order valence-electron chi connectivity index (χ3n) is 5.00. The van der Waals surface area contributed by atoms with Crippen molar-refractivity contribution in [3.8, 4) is 11.5 Å². The van der Waals surface area contributed by atoms with Crippen molar-refractivity contribution in [3.63, 3.8) is 0 Å². The monoisotopic (exact) mass is 435 g/mol. The van der Waals surface area contributed by atoms with Crippen LogP contribution in [0.5, 0.6) is 11.5 Å². The van der Waals surface area contributed by atoms with E-state index in [1.807, 2.05) is 25.7 Å². The van der Waals surface area contributed by atoms with E-state index in [-0.39, 0.29) is 35.1 Å². The number of anilines is 2. The first-order valence-corrected chi connectivity index (χ1v) is 10.1. The predicted molar refractivity (Wildman–Crippen MR) is 109 cm³/mol. The summed E-state index contributed by atoms with van der Waals surface area (Å²) in [6.45, 7) is 6.82. The van der Waals surface area contributed by atoms with E-state index in [4.69, 9.17) is 0 Å². The van der Waals surface area contributed by atoms with Gasteiger partial charge in [-0.2, -0.15) is 0 Å². The van der Waals surface area contributed by atoms with Gasteiger partial charge < -0.3 is 19.7 Å². The van der Waals surface area contributed by atoms with Crippen LogP contribution in [0.4, 0.5) is 24.7 Å². The molecule has 2 aromatic rings. The largest absolute Gasteiger partial charge is 0.586 e. The molecule has 4 rings (SSSR count). The SMILES string of the molecule is CC(C)(C)CC(=O)Nc1nc2c(cc1F)N(Cc1ccc3c(c1)OC(F)(F)O3)CCC2. The van der Waals surface area contributed by atoms with Gasteiger partial charge in [-0.25, -0.2) is 9.37 Å². The number of benzene rings is 1. The normalized spacial score (nSPS) is 16.8. The molecular weight excluding hydrogens is 411 g/mol. The number of pyridine rings is 1. The Hall–Kier alpha value is -2.97. The van der Waals surface area contributed by atoms with Gasteiger partial charge in [0.15, 0.2) is 23.1 Å². The van der Waals surface area contributed by atoms with E-state index in [1.165, 1.54) is 18.2 Å². The lowest BCUT2D eigenvalue weighted by atomic mass is 9.92. The van der Waals surface area contributed by atoms with Crippen molar-refractivity contribution < 1.29 is 27.4 Å². The standard InChI is InChI=1S/C22H24F3N3O3/c1-21(2,3)11-19(29)27-20-14(23)10-16-15(26-20)5-4-8-28(16)12-13-6-7-17-18(9-13)31-22(24,25)30-17/h6-7,9-10H,4-5,8,11-12H2,1-3H3,(H,26,27,29). The number of hydrogen-bond acceptors (Lipinski definition) is 5. The van der Waals surface area contributed by atoms with Crippen molar-refractivity contribution >= 4 is 17.4 Å². The molecule has 0 atom stereocenters. The summed E-state index contributed by atoms with van der Waals surface area (Å²) < 4.78 is 50.2. The lowest BCUT2D eigenvalue weighted by molar-refractivity contribution is -0.286. The maximum Gasteiger partial charge on any atom is 0.586 e. The number of hydrogen-bond donors (Lipinski definition) is 1. The molecular formula is C22H24F3N3O3. The highest BCUT2D eigenvalue weighted by Gasteiger charge is 2.43. The second kappa shape index (κ2) is 7.62. The topological polar surface area (TPSA) is 63.7 Å². The molecule has 1 aromatic carbocycles. The Balaban J connectivity index is 1.52. The number of halogens is 3. The van der Waals surface area contributed by atoms with E-state index in [0.717, 1.165) is 12.0 Å². The summed E-state index contributed by atoms with van der Waals surface area (Å²) in [7, 11) is 0. The van der Waals surface area contributed by atoms with Gasteiger partial charge in [-0.05, 0) is 36.0 Å². The minimum Gasteiger partial charge on any atom is -0.395 e. The van der Waals surface area contributed by atoms with E-state index in [2.05, 4.69) is 19.8 Å².